The number of carbonyl (C=O) groups excluding carboxylic acids is 1. The first kappa shape index (κ1) is 13.3. The SMILES string of the molecule is CCNc1cccc(C(=O)NC2CCC2)c1[N+](=O)[O-]. The fraction of sp³-hybridized carbons (Fsp3) is 0.462. The van der Waals surface area contributed by atoms with E-state index in [-0.39, 0.29) is 23.2 Å². The summed E-state index contributed by atoms with van der Waals surface area (Å²) in [4.78, 5) is 22.8. The average Bonchev–Trinajstić information content (AvgIpc) is 2.33. The maximum atomic E-state index is 12.1. The molecule has 1 aromatic carbocycles. The molecule has 0 atom stereocenters. The minimum atomic E-state index is -0.506. The predicted octanol–water partition coefficient (Wildman–Crippen LogP) is 2.31. The Labute approximate surface area is 111 Å². The van der Waals surface area contributed by atoms with E-state index in [0.29, 0.717) is 12.2 Å². The van der Waals surface area contributed by atoms with E-state index in [4.69, 9.17) is 0 Å². The number of nitro benzene ring substituents is 1. The molecule has 0 aromatic heterocycles. The van der Waals surface area contributed by atoms with E-state index in [2.05, 4.69) is 10.6 Å². The van der Waals surface area contributed by atoms with E-state index in [1.54, 1.807) is 12.1 Å². The largest absolute Gasteiger partial charge is 0.380 e. The van der Waals surface area contributed by atoms with Crippen LogP contribution in [0.5, 0.6) is 0 Å². The third-order valence-corrected chi connectivity index (χ3v) is 3.27. The van der Waals surface area contributed by atoms with Crippen molar-refractivity contribution in [3.63, 3.8) is 0 Å². The molecule has 0 spiro atoms. The third kappa shape index (κ3) is 2.83. The normalized spacial score (nSPS) is 14.6. The highest BCUT2D eigenvalue weighted by atomic mass is 16.6. The highest BCUT2D eigenvalue weighted by Gasteiger charge is 2.27. The fourth-order valence-electron chi connectivity index (χ4n) is 2.07. The highest BCUT2D eigenvalue weighted by molar-refractivity contribution is 6.00. The summed E-state index contributed by atoms with van der Waals surface area (Å²) >= 11 is 0. The lowest BCUT2D eigenvalue weighted by Gasteiger charge is -2.26. The zero-order chi connectivity index (χ0) is 13.8. The number of anilines is 1. The van der Waals surface area contributed by atoms with Gasteiger partial charge < -0.3 is 10.6 Å². The second-order valence-corrected chi connectivity index (χ2v) is 4.59. The van der Waals surface area contributed by atoms with Gasteiger partial charge in [0.1, 0.15) is 11.3 Å². The maximum absolute atomic E-state index is 12.1. The van der Waals surface area contributed by atoms with Crippen LogP contribution in [0, 0.1) is 10.1 Å². The molecule has 0 bridgehead atoms. The molecule has 2 N–H and O–H groups in total. The Morgan fingerprint density at radius 2 is 2.21 bits per heavy atom. The van der Waals surface area contributed by atoms with Crippen molar-refractivity contribution in [1.29, 1.82) is 0 Å². The summed E-state index contributed by atoms with van der Waals surface area (Å²) < 4.78 is 0. The van der Waals surface area contributed by atoms with Gasteiger partial charge >= 0.3 is 5.69 Å². The molecule has 2 rings (SSSR count). The first-order valence-electron chi connectivity index (χ1n) is 6.45. The summed E-state index contributed by atoms with van der Waals surface area (Å²) in [6.45, 7) is 2.42. The van der Waals surface area contributed by atoms with Gasteiger partial charge in [-0.05, 0) is 38.3 Å². The van der Waals surface area contributed by atoms with Crippen LogP contribution in [0.1, 0.15) is 36.5 Å². The Hall–Kier alpha value is -2.11. The van der Waals surface area contributed by atoms with Crippen LogP contribution in [0.25, 0.3) is 0 Å². The van der Waals surface area contributed by atoms with Crippen LogP contribution < -0.4 is 10.6 Å². The molecule has 1 aliphatic rings. The molecule has 0 aliphatic heterocycles. The van der Waals surface area contributed by atoms with Crippen LogP contribution in [-0.2, 0) is 0 Å². The minimum absolute atomic E-state index is 0.121. The number of para-hydroxylation sites is 1. The summed E-state index contributed by atoms with van der Waals surface area (Å²) in [6.07, 6.45) is 3.00. The Bertz CT molecular complexity index is 498. The van der Waals surface area contributed by atoms with Crippen LogP contribution in [0.15, 0.2) is 18.2 Å². The molecule has 0 heterocycles. The summed E-state index contributed by atoms with van der Waals surface area (Å²) in [6, 6.07) is 4.92. The second kappa shape index (κ2) is 5.69. The molecule has 1 saturated carbocycles. The Morgan fingerprint density at radius 3 is 2.74 bits per heavy atom. The Balaban J connectivity index is 2.29. The lowest BCUT2D eigenvalue weighted by Crippen LogP contribution is -2.39. The maximum Gasteiger partial charge on any atom is 0.305 e. The molecule has 19 heavy (non-hydrogen) atoms. The standard InChI is InChI=1S/C13H17N3O3/c1-2-14-11-8-4-7-10(12(11)16(18)19)13(17)15-9-5-3-6-9/h4,7-9,14H,2-3,5-6H2,1H3,(H,15,17). The molecule has 6 nitrogen and oxygen atoms in total. The lowest BCUT2D eigenvalue weighted by atomic mass is 9.93. The zero-order valence-electron chi connectivity index (χ0n) is 10.8. The molecule has 0 saturated heterocycles. The predicted molar refractivity (Wildman–Crippen MR) is 72.4 cm³/mol. The number of hydrogen-bond acceptors (Lipinski definition) is 4. The summed E-state index contributed by atoms with van der Waals surface area (Å²) in [5.74, 6) is -0.365. The lowest BCUT2D eigenvalue weighted by molar-refractivity contribution is -0.384. The highest BCUT2D eigenvalue weighted by Crippen LogP contribution is 2.29. The summed E-state index contributed by atoms with van der Waals surface area (Å²) in [5, 5.41) is 16.9. The van der Waals surface area contributed by atoms with Crippen molar-refractivity contribution in [3.8, 4) is 0 Å². The van der Waals surface area contributed by atoms with Crippen LogP contribution in [-0.4, -0.2) is 23.4 Å². The topological polar surface area (TPSA) is 84.3 Å². The Morgan fingerprint density at radius 1 is 1.47 bits per heavy atom. The van der Waals surface area contributed by atoms with Crippen LogP contribution in [0.2, 0.25) is 0 Å². The molecule has 102 valence electrons. The first-order chi connectivity index (χ1) is 9.13. The number of amides is 1. The monoisotopic (exact) mass is 263 g/mol. The van der Waals surface area contributed by atoms with Gasteiger partial charge in [-0.3, -0.25) is 14.9 Å². The number of benzene rings is 1. The van der Waals surface area contributed by atoms with Crippen LogP contribution >= 0.6 is 0 Å². The van der Waals surface area contributed by atoms with E-state index in [0.717, 1.165) is 19.3 Å². The van der Waals surface area contributed by atoms with Crippen molar-refractivity contribution in [2.45, 2.75) is 32.2 Å². The first-order valence-corrected chi connectivity index (χ1v) is 6.45. The van der Waals surface area contributed by atoms with Gasteiger partial charge in [0.2, 0.25) is 0 Å². The van der Waals surface area contributed by atoms with Crippen molar-refractivity contribution in [1.82, 2.24) is 5.32 Å². The van der Waals surface area contributed by atoms with Gasteiger partial charge in [0.15, 0.2) is 0 Å². The van der Waals surface area contributed by atoms with Gasteiger partial charge in [-0.2, -0.15) is 0 Å². The van der Waals surface area contributed by atoms with Gasteiger partial charge in [0.05, 0.1) is 4.92 Å². The fourth-order valence-corrected chi connectivity index (χ4v) is 2.07. The molecule has 6 heteroatoms. The number of nitrogens with zero attached hydrogens (tertiary/aromatic N) is 1. The van der Waals surface area contributed by atoms with Crippen molar-refractivity contribution >= 4 is 17.3 Å². The quantitative estimate of drug-likeness (QED) is 0.630. The van der Waals surface area contributed by atoms with Gasteiger partial charge in [0, 0.05) is 12.6 Å². The number of nitro groups is 1. The van der Waals surface area contributed by atoms with Gasteiger partial charge in [0.25, 0.3) is 5.91 Å². The van der Waals surface area contributed by atoms with Crippen molar-refractivity contribution in [2.24, 2.45) is 0 Å². The second-order valence-electron chi connectivity index (χ2n) is 4.59. The van der Waals surface area contributed by atoms with Crippen LogP contribution in [0.4, 0.5) is 11.4 Å². The minimum Gasteiger partial charge on any atom is -0.380 e. The van der Waals surface area contributed by atoms with Crippen molar-refractivity contribution in [2.75, 3.05) is 11.9 Å². The van der Waals surface area contributed by atoms with E-state index in [1.165, 1.54) is 6.07 Å². The smallest absolute Gasteiger partial charge is 0.305 e. The molecule has 1 fully saturated rings. The zero-order valence-corrected chi connectivity index (χ0v) is 10.8. The van der Waals surface area contributed by atoms with E-state index < -0.39 is 4.92 Å². The number of nitrogens with one attached hydrogen (secondary N) is 2. The van der Waals surface area contributed by atoms with Crippen molar-refractivity contribution < 1.29 is 9.72 Å². The van der Waals surface area contributed by atoms with Gasteiger partial charge in [-0.1, -0.05) is 6.07 Å². The molecule has 0 radical (unpaired) electrons. The third-order valence-electron chi connectivity index (χ3n) is 3.27. The molecular formula is C13H17N3O3. The summed E-state index contributed by atoms with van der Waals surface area (Å²) in [7, 11) is 0. The van der Waals surface area contributed by atoms with E-state index in [1.807, 2.05) is 6.92 Å². The summed E-state index contributed by atoms with van der Waals surface area (Å²) in [5.41, 5.74) is 0.352. The van der Waals surface area contributed by atoms with Gasteiger partial charge in [-0.25, -0.2) is 0 Å². The van der Waals surface area contributed by atoms with Crippen molar-refractivity contribution in [3.05, 3.63) is 33.9 Å². The van der Waals surface area contributed by atoms with Crippen LogP contribution in [0.3, 0.4) is 0 Å². The molecule has 1 aromatic rings. The molecule has 1 aliphatic carbocycles. The van der Waals surface area contributed by atoms with Gasteiger partial charge in [-0.15, -0.1) is 0 Å². The number of hydrogen-bond donors (Lipinski definition) is 2. The Kier molecular flexibility index (Phi) is 3.99. The average molecular weight is 263 g/mol. The number of carbonyl (C=O) groups is 1. The molecular weight excluding hydrogens is 246 g/mol. The van der Waals surface area contributed by atoms with E-state index in [9.17, 15) is 14.9 Å². The molecule has 1 amide bonds. The van der Waals surface area contributed by atoms with E-state index >= 15 is 0 Å². The number of rotatable bonds is 5. The molecule has 0 unspecified atom stereocenters.